The summed E-state index contributed by atoms with van der Waals surface area (Å²) in [5, 5.41) is 0.432. The predicted octanol–water partition coefficient (Wildman–Crippen LogP) is 4.15. The number of terminal acetylenes is 1. The highest BCUT2D eigenvalue weighted by molar-refractivity contribution is 6.33. The summed E-state index contributed by atoms with van der Waals surface area (Å²) < 4.78 is 23.9. The van der Waals surface area contributed by atoms with Gasteiger partial charge in [0.2, 0.25) is 0 Å². The van der Waals surface area contributed by atoms with E-state index in [-0.39, 0.29) is 5.82 Å². The second kappa shape index (κ2) is 7.12. The smallest absolute Gasteiger partial charge is 0.123 e. The fourth-order valence-corrected chi connectivity index (χ4v) is 2.13. The van der Waals surface area contributed by atoms with E-state index in [1.54, 1.807) is 25.3 Å². The van der Waals surface area contributed by atoms with Gasteiger partial charge in [0.15, 0.2) is 0 Å². The van der Waals surface area contributed by atoms with Crippen LogP contribution in [0.2, 0.25) is 5.02 Å². The van der Waals surface area contributed by atoms with Crippen LogP contribution in [0.4, 0.5) is 4.39 Å². The Hall–Kier alpha value is -2.02. The van der Waals surface area contributed by atoms with Crippen molar-refractivity contribution in [1.82, 2.24) is 0 Å². The minimum atomic E-state index is -0.372. The van der Waals surface area contributed by atoms with Crippen LogP contribution in [0.15, 0.2) is 36.4 Å². The zero-order valence-electron chi connectivity index (χ0n) is 11.5. The summed E-state index contributed by atoms with van der Waals surface area (Å²) >= 11 is 6.14. The van der Waals surface area contributed by atoms with Gasteiger partial charge in [-0.1, -0.05) is 17.5 Å². The average molecular weight is 305 g/mol. The molecule has 2 nitrogen and oxygen atoms in total. The van der Waals surface area contributed by atoms with Gasteiger partial charge in [0.05, 0.1) is 6.61 Å². The molecule has 0 aliphatic heterocycles. The van der Waals surface area contributed by atoms with Crippen LogP contribution in [-0.2, 0) is 4.74 Å². The first kappa shape index (κ1) is 15.4. The zero-order valence-corrected chi connectivity index (χ0v) is 12.3. The molecule has 0 radical (unpaired) electrons. The van der Waals surface area contributed by atoms with E-state index in [2.05, 4.69) is 5.92 Å². The third-order valence-corrected chi connectivity index (χ3v) is 3.25. The van der Waals surface area contributed by atoms with Crippen molar-refractivity contribution >= 4 is 11.6 Å². The highest BCUT2D eigenvalue weighted by Gasteiger charge is 2.10. The van der Waals surface area contributed by atoms with Crippen LogP contribution in [0.25, 0.3) is 11.1 Å². The third-order valence-electron chi connectivity index (χ3n) is 2.92. The molecule has 0 amide bonds. The number of ether oxygens (including phenoxy) is 2. The lowest BCUT2D eigenvalue weighted by atomic mass is 9.99. The molecular formula is C17H14ClFO2. The van der Waals surface area contributed by atoms with Crippen LogP contribution in [0.3, 0.4) is 0 Å². The molecule has 2 aromatic rings. The minimum absolute atomic E-state index is 0.372. The van der Waals surface area contributed by atoms with Gasteiger partial charge in [0.1, 0.15) is 18.2 Å². The Labute approximate surface area is 128 Å². The summed E-state index contributed by atoms with van der Waals surface area (Å²) in [6.07, 6.45) is 5.50. The van der Waals surface area contributed by atoms with Gasteiger partial charge < -0.3 is 9.47 Å². The highest BCUT2D eigenvalue weighted by atomic mass is 35.5. The first-order valence-corrected chi connectivity index (χ1v) is 6.71. The van der Waals surface area contributed by atoms with Gasteiger partial charge in [-0.25, -0.2) is 4.39 Å². The fourth-order valence-electron chi connectivity index (χ4n) is 1.91. The van der Waals surface area contributed by atoms with Crippen molar-refractivity contribution in [3.05, 3.63) is 52.8 Å². The van der Waals surface area contributed by atoms with Crippen molar-refractivity contribution in [3.63, 3.8) is 0 Å². The van der Waals surface area contributed by atoms with E-state index in [4.69, 9.17) is 27.5 Å². The van der Waals surface area contributed by atoms with Gasteiger partial charge in [-0.15, -0.1) is 6.42 Å². The highest BCUT2D eigenvalue weighted by Crippen LogP contribution is 2.33. The molecule has 2 rings (SSSR count). The van der Waals surface area contributed by atoms with Crippen molar-refractivity contribution in [2.24, 2.45) is 0 Å². The molecule has 2 aromatic carbocycles. The summed E-state index contributed by atoms with van der Waals surface area (Å²) in [5.74, 6) is 2.83. The SMILES string of the molecule is C#Cc1ccc(OCCOC)cc1-c1cc(F)ccc1Cl. The summed E-state index contributed by atoms with van der Waals surface area (Å²) in [6, 6.07) is 9.44. The minimum Gasteiger partial charge on any atom is -0.491 e. The van der Waals surface area contributed by atoms with E-state index < -0.39 is 0 Å². The topological polar surface area (TPSA) is 18.5 Å². The molecule has 0 saturated carbocycles. The third kappa shape index (κ3) is 3.75. The molecule has 0 atom stereocenters. The van der Waals surface area contributed by atoms with E-state index >= 15 is 0 Å². The van der Waals surface area contributed by atoms with Gasteiger partial charge in [0, 0.05) is 28.8 Å². The Morgan fingerprint density at radius 1 is 1.14 bits per heavy atom. The maximum Gasteiger partial charge on any atom is 0.123 e. The molecule has 0 aromatic heterocycles. The van der Waals surface area contributed by atoms with E-state index in [9.17, 15) is 4.39 Å². The van der Waals surface area contributed by atoms with Crippen LogP contribution in [-0.4, -0.2) is 20.3 Å². The van der Waals surface area contributed by atoms with Crippen molar-refractivity contribution < 1.29 is 13.9 Å². The monoisotopic (exact) mass is 304 g/mol. The average Bonchev–Trinajstić information content (AvgIpc) is 2.50. The van der Waals surface area contributed by atoms with Gasteiger partial charge >= 0.3 is 0 Å². The molecule has 0 bridgehead atoms. The second-order valence-electron chi connectivity index (χ2n) is 4.32. The molecule has 0 aliphatic rings. The number of halogens is 2. The number of rotatable bonds is 5. The zero-order chi connectivity index (χ0) is 15.2. The summed E-state index contributed by atoms with van der Waals surface area (Å²) in [4.78, 5) is 0. The molecule has 21 heavy (non-hydrogen) atoms. The maximum atomic E-state index is 13.5. The van der Waals surface area contributed by atoms with Crippen molar-refractivity contribution in [3.8, 4) is 29.2 Å². The standard InChI is InChI=1S/C17H14ClFO2/c1-3-12-4-6-14(21-9-8-20-2)11-15(12)16-10-13(19)5-7-17(16)18/h1,4-7,10-11H,8-9H2,2H3. The Morgan fingerprint density at radius 3 is 2.67 bits per heavy atom. The van der Waals surface area contributed by atoms with Crippen molar-refractivity contribution in [2.75, 3.05) is 20.3 Å². The number of methoxy groups -OCH3 is 1. The van der Waals surface area contributed by atoms with Gasteiger partial charge in [0.25, 0.3) is 0 Å². The molecule has 0 spiro atoms. The van der Waals surface area contributed by atoms with Crippen LogP contribution < -0.4 is 4.74 Å². The Morgan fingerprint density at radius 2 is 1.95 bits per heavy atom. The first-order chi connectivity index (χ1) is 10.2. The Kier molecular flexibility index (Phi) is 5.21. The molecule has 0 fully saturated rings. The molecule has 0 unspecified atom stereocenters. The van der Waals surface area contributed by atoms with E-state index in [1.165, 1.54) is 18.2 Å². The number of hydrogen-bond donors (Lipinski definition) is 0. The summed E-state index contributed by atoms with van der Waals surface area (Å²) in [6.45, 7) is 0.898. The fraction of sp³-hybridized carbons (Fsp3) is 0.176. The van der Waals surface area contributed by atoms with E-state index in [0.717, 1.165) is 0 Å². The quantitative estimate of drug-likeness (QED) is 0.610. The number of hydrogen-bond acceptors (Lipinski definition) is 2. The second-order valence-corrected chi connectivity index (χ2v) is 4.72. The molecule has 0 N–H and O–H groups in total. The molecule has 4 heteroatoms. The summed E-state index contributed by atoms with van der Waals surface area (Å²) in [7, 11) is 1.60. The predicted molar refractivity (Wildman–Crippen MR) is 82.2 cm³/mol. The van der Waals surface area contributed by atoms with Crippen LogP contribution in [0.5, 0.6) is 5.75 Å². The molecule has 108 valence electrons. The van der Waals surface area contributed by atoms with Crippen molar-refractivity contribution in [1.29, 1.82) is 0 Å². The maximum absolute atomic E-state index is 13.5. The molecular weight excluding hydrogens is 291 g/mol. The molecule has 0 heterocycles. The lowest BCUT2D eigenvalue weighted by Crippen LogP contribution is -2.04. The van der Waals surface area contributed by atoms with Crippen LogP contribution in [0, 0.1) is 18.2 Å². The number of benzene rings is 2. The molecule has 0 aliphatic carbocycles. The normalized spacial score (nSPS) is 10.2. The lowest BCUT2D eigenvalue weighted by molar-refractivity contribution is 0.146. The van der Waals surface area contributed by atoms with Crippen molar-refractivity contribution in [2.45, 2.75) is 0 Å². The van der Waals surface area contributed by atoms with E-state index in [0.29, 0.717) is 40.7 Å². The summed E-state index contributed by atoms with van der Waals surface area (Å²) in [5.41, 5.74) is 1.83. The lowest BCUT2D eigenvalue weighted by Gasteiger charge is -2.11. The molecule has 0 saturated heterocycles. The van der Waals surface area contributed by atoms with Crippen LogP contribution >= 0.6 is 11.6 Å². The van der Waals surface area contributed by atoms with Gasteiger partial charge in [-0.3, -0.25) is 0 Å². The Bertz CT molecular complexity index is 677. The first-order valence-electron chi connectivity index (χ1n) is 6.33. The Balaban J connectivity index is 2.43. The van der Waals surface area contributed by atoms with E-state index in [1.807, 2.05) is 0 Å². The van der Waals surface area contributed by atoms with Gasteiger partial charge in [-0.2, -0.15) is 0 Å². The largest absolute Gasteiger partial charge is 0.491 e. The van der Waals surface area contributed by atoms with Gasteiger partial charge in [-0.05, 0) is 36.4 Å². The van der Waals surface area contributed by atoms with Crippen LogP contribution in [0.1, 0.15) is 5.56 Å².